The van der Waals surface area contributed by atoms with Gasteiger partial charge in [0.2, 0.25) is 5.91 Å². The molecule has 0 radical (unpaired) electrons. The van der Waals surface area contributed by atoms with Gasteiger partial charge in [-0.1, -0.05) is 48.5 Å². The number of rotatable bonds is 9. The van der Waals surface area contributed by atoms with Crippen molar-refractivity contribution >= 4 is 68.8 Å². The zero-order valence-corrected chi connectivity index (χ0v) is 28.1. The Morgan fingerprint density at radius 2 is 1.06 bits per heavy atom. The number of carbonyl (C=O) groups excluding carboxylic acids is 1. The molecule has 1 saturated heterocycles. The van der Waals surface area contributed by atoms with Crippen LogP contribution in [0, 0.1) is 0 Å². The van der Waals surface area contributed by atoms with Crippen LogP contribution in [0.3, 0.4) is 0 Å². The van der Waals surface area contributed by atoms with Gasteiger partial charge in [0.15, 0.2) is 0 Å². The molecular formula is C28H28NO19P3. The van der Waals surface area contributed by atoms with Crippen LogP contribution in [0.15, 0.2) is 60.7 Å². The van der Waals surface area contributed by atoms with Crippen molar-refractivity contribution in [3.63, 3.8) is 0 Å². The average molecular weight is 775 g/mol. The minimum atomic E-state index is -5.30. The second-order valence-electron chi connectivity index (χ2n) is 10.4. The number of benzene rings is 4. The Hall–Kier alpha value is -4.71. The molecule has 0 saturated carbocycles. The van der Waals surface area contributed by atoms with E-state index in [0.717, 1.165) is 12.1 Å². The first-order chi connectivity index (χ1) is 23.4. The Labute approximate surface area is 285 Å². The van der Waals surface area contributed by atoms with E-state index < -0.39 is 76.5 Å². The SMILES string of the molecule is O=C(O)c1cc2ccccc2c(Cc2c(OP(=O)(O)O)c(C(=O)O)cc3ccccc23)c1OP(=O)(O)O.O=C1CC[C@@H](C(=O)O)N1.O=P(O)(O)O. The van der Waals surface area contributed by atoms with Crippen molar-refractivity contribution in [2.45, 2.75) is 25.3 Å². The second kappa shape index (κ2) is 16.1. The number of hydrogen-bond donors (Lipinski definition) is 11. The smallest absolute Gasteiger partial charge is 0.480 e. The Morgan fingerprint density at radius 3 is 1.33 bits per heavy atom. The predicted molar refractivity (Wildman–Crippen MR) is 173 cm³/mol. The molecule has 4 aromatic carbocycles. The van der Waals surface area contributed by atoms with E-state index in [4.69, 9.17) is 33.4 Å². The van der Waals surface area contributed by atoms with Gasteiger partial charge in [-0.05, 0) is 40.1 Å². The van der Waals surface area contributed by atoms with Crippen molar-refractivity contribution in [3.05, 3.63) is 82.9 Å². The standard InChI is InChI=1S/C23H18O12P2.C5H7NO3.H3O4P/c24-22(25)18-9-12-5-1-3-7-14(12)16(20(18)34-36(28,29)30)11-17-15-8-4-2-6-13(15)10-19(23(26)27)21(17)35-37(31,32)33;7-4-2-1-3(6-4)5(8)9;1-5(2,3)4/h1-10H,11H2,(H,24,25)(H,26,27)(H2,28,29,30)(H2,31,32,33);3H,1-2H2,(H,6,7)(H,8,9);(H3,1,2,3,4)/t;3-;/m.0./s1. The molecule has 1 aliphatic heterocycles. The molecule has 1 amide bonds. The van der Waals surface area contributed by atoms with Crippen LogP contribution in [-0.2, 0) is 29.7 Å². The van der Waals surface area contributed by atoms with E-state index in [2.05, 4.69) is 5.32 Å². The third kappa shape index (κ3) is 11.9. The molecule has 274 valence electrons. The second-order valence-corrected chi connectivity index (χ2v) is 13.7. The van der Waals surface area contributed by atoms with Gasteiger partial charge in [0.05, 0.1) is 0 Å². The summed E-state index contributed by atoms with van der Waals surface area (Å²) in [7, 11) is -15.2. The molecule has 4 aromatic rings. The number of phosphoric ester groups is 2. The lowest BCUT2D eigenvalue weighted by Crippen LogP contribution is -2.32. The molecule has 11 N–H and O–H groups in total. The Balaban J connectivity index is 0.000000418. The molecule has 0 spiro atoms. The molecule has 0 bridgehead atoms. The molecule has 1 heterocycles. The summed E-state index contributed by atoms with van der Waals surface area (Å²) in [5.41, 5.74) is -1.34. The molecule has 0 aromatic heterocycles. The average Bonchev–Trinajstić information content (AvgIpc) is 3.43. The highest BCUT2D eigenvalue weighted by molar-refractivity contribution is 7.47. The topological polar surface area (TPSA) is 352 Å². The van der Waals surface area contributed by atoms with Gasteiger partial charge in [-0.3, -0.25) is 24.4 Å². The Kier molecular flexibility index (Phi) is 12.9. The van der Waals surface area contributed by atoms with E-state index in [1.165, 1.54) is 12.1 Å². The monoisotopic (exact) mass is 775 g/mol. The molecular weight excluding hydrogens is 747 g/mol. The summed E-state index contributed by atoms with van der Waals surface area (Å²) >= 11 is 0. The molecule has 0 aliphatic carbocycles. The summed E-state index contributed by atoms with van der Waals surface area (Å²) in [5, 5.41) is 31.5. The van der Waals surface area contributed by atoms with Gasteiger partial charge in [-0.15, -0.1) is 0 Å². The molecule has 1 aliphatic rings. The lowest BCUT2D eigenvalue weighted by atomic mass is 9.90. The number of fused-ring (bicyclic) bond motifs is 2. The fraction of sp³-hybridized carbons (Fsp3) is 0.143. The first kappa shape index (κ1) is 40.7. The maximum atomic E-state index is 12.0. The molecule has 1 atom stereocenters. The maximum Gasteiger partial charge on any atom is 0.524 e. The third-order valence-electron chi connectivity index (χ3n) is 6.74. The number of aliphatic carboxylic acids is 1. The zero-order chi connectivity index (χ0) is 38.5. The summed E-state index contributed by atoms with van der Waals surface area (Å²) in [6, 6.07) is 14.2. The minimum Gasteiger partial charge on any atom is -0.480 e. The van der Waals surface area contributed by atoms with Crippen LogP contribution in [-0.4, -0.2) is 79.4 Å². The summed E-state index contributed by atoms with van der Waals surface area (Å²) in [6.07, 6.45) is 0.291. The predicted octanol–water partition coefficient (Wildman–Crippen LogP) is 2.34. The number of phosphoric acid groups is 3. The first-order valence-electron chi connectivity index (χ1n) is 13.8. The fourth-order valence-corrected chi connectivity index (χ4v) is 5.79. The molecule has 51 heavy (non-hydrogen) atoms. The van der Waals surface area contributed by atoms with Gasteiger partial charge in [-0.25, -0.2) is 28.1 Å². The van der Waals surface area contributed by atoms with Crippen LogP contribution in [0.5, 0.6) is 11.5 Å². The van der Waals surface area contributed by atoms with Crippen LogP contribution < -0.4 is 14.4 Å². The number of carboxylic acid groups (broad SMARTS) is 3. The molecule has 20 nitrogen and oxygen atoms in total. The maximum absolute atomic E-state index is 12.0. The van der Waals surface area contributed by atoms with Crippen molar-refractivity contribution in [2.75, 3.05) is 0 Å². The summed E-state index contributed by atoms with van der Waals surface area (Å²) in [5.74, 6) is -5.61. The van der Waals surface area contributed by atoms with Crippen LogP contribution >= 0.6 is 23.5 Å². The highest BCUT2D eigenvalue weighted by Gasteiger charge is 2.31. The lowest BCUT2D eigenvalue weighted by molar-refractivity contribution is -0.140. The Morgan fingerprint density at radius 1 is 0.686 bits per heavy atom. The number of hydrogen-bond acceptors (Lipinski definition) is 9. The Bertz CT molecular complexity index is 2020. The minimum absolute atomic E-state index is 0.0814. The van der Waals surface area contributed by atoms with Crippen molar-refractivity contribution in [2.24, 2.45) is 0 Å². The third-order valence-corrected chi connectivity index (χ3v) is 7.58. The van der Waals surface area contributed by atoms with E-state index in [1.807, 2.05) is 0 Å². The number of aromatic carboxylic acids is 2. The summed E-state index contributed by atoms with van der Waals surface area (Å²) < 4.78 is 42.1. The van der Waals surface area contributed by atoms with E-state index in [1.54, 1.807) is 36.4 Å². The summed E-state index contributed by atoms with van der Waals surface area (Å²) in [6.45, 7) is 0. The fourth-order valence-electron chi connectivity index (χ4n) is 4.90. The van der Waals surface area contributed by atoms with E-state index in [0.29, 0.717) is 34.4 Å². The normalized spacial score (nSPS) is 14.4. The van der Waals surface area contributed by atoms with Gasteiger partial charge in [0.25, 0.3) is 0 Å². The first-order valence-corrected chi connectivity index (χ1v) is 18.4. The van der Waals surface area contributed by atoms with Gasteiger partial charge in [-0.2, -0.15) is 0 Å². The van der Waals surface area contributed by atoms with Gasteiger partial charge in [0, 0.05) is 24.0 Å². The van der Waals surface area contributed by atoms with Crippen molar-refractivity contribution in [1.29, 1.82) is 0 Å². The quantitative estimate of drug-likeness (QED) is 0.109. The van der Waals surface area contributed by atoms with Crippen LogP contribution in [0.25, 0.3) is 21.5 Å². The largest absolute Gasteiger partial charge is 0.524 e. The zero-order valence-electron chi connectivity index (χ0n) is 25.5. The van der Waals surface area contributed by atoms with E-state index >= 15 is 0 Å². The summed E-state index contributed by atoms with van der Waals surface area (Å²) in [4.78, 5) is 104. The highest BCUT2D eigenvalue weighted by Crippen LogP contribution is 2.48. The van der Waals surface area contributed by atoms with Crippen LogP contribution in [0.2, 0.25) is 0 Å². The van der Waals surface area contributed by atoms with Gasteiger partial charge < -0.3 is 44.4 Å². The molecule has 5 rings (SSSR count). The van der Waals surface area contributed by atoms with Crippen LogP contribution in [0.4, 0.5) is 0 Å². The molecule has 0 unspecified atom stereocenters. The molecule has 1 fully saturated rings. The highest BCUT2D eigenvalue weighted by atomic mass is 31.2. The van der Waals surface area contributed by atoms with Gasteiger partial charge in [0.1, 0.15) is 28.7 Å². The number of carbonyl (C=O) groups is 4. The van der Waals surface area contributed by atoms with Crippen LogP contribution in [0.1, 0.15) is 44.7 Å². The number of amides is 1. The van der Waals surface area contributed by atoms with Crippen molar-refractivity contribution < 1.29 is 91.5 Å². The lowest BCUT2D eigenvalue weighted by Gasteiger charge is -2.21. The van der Waals surface area contributed by atoms with Crippen molar-refractivity contribution in [1.82, 2.24) is 5.32 Å². The molecule has 23 heteroatoms. The number of carboxylic acids is 3. The van der Waals surface area contributed by atoms with E-state index in [-0.39, 0.29) is 17.0 Å². The van der Waals surface area contributed by atoms with Crippen molar-refractivity contribution in [3.8, 4) is 11.5 Å². The van der Waals surface area contributed by atoms with Gasteiger partial charge >= 0.3 is 41.4 Å². The van der Waals surface area contributed by atoms with E-state index in [9.17, 15) is 58.1 Å². The number of nitrogens with one attached hydrogen (secondary N) is 1.